The van der Waals surface area contributed by atoms with Gasteiger partial charge in [-0.2, -0.15) is 5.26 Å². The number of hydrogen-bond donors (Lipinski definition) is 1. The Kier molecular flexibility index (Phi) is 2.69. The Balaban J connectivity index is 1.91. The van der Waals surface area contributed by atoms with Gasteiger partial charge in [-0.05, 0) is 30.9 Å². The summed E-state index contributed by atoms with van der Waals surface area (Å²) in [6.07, 6.45) is 2.88. The molecule has 1 heterocycles. The molecular weight excluding hydrogens is 204 g/mol. The molecule has 4 nitrogen and oxygen atoms in total. The minimum Gasteiger partial charge on any atom is -0.467 e. The van der Waals surface area contributed by atoms with Crippen LogP contribution < -0.4 is 5.32 Å². The Bertz CT molecular complexity index is 411. The molecule has 2 rings (SSSR count). The van der Waals surface area contributed by atoms with Gasteiger partial charge >= 0.3 is 0 Å². The Morgan fingerprint density at radius 2 is 2.50 bits per heavy atom. The Labute approximate surface area is 94.2 Å². The van der Waals surface area contributed by atoms with Crippen LogP contribution in [0.15, 0.2) is 22.8 Å². The molecule has 0 unspecified atom stereocenters. The maximum absolute atomic E-state index is 11.8. The van der Waals surface area contributed by atoms with Crippen LogP contribution in [0.2, 0.25) is 0 Å². The van der Waals surface area contributed by atoms with Gasteiger partial charge in [0.05, 0.1) is 18.9 Å². The van der Waals surface area contributed by atoms with Crippen LogP contribution in [0.3, 0.4) is 0 Å². The summed E-state index contributed by atoms with van der Waals surface area (Å²) >= 11 is 0. The molecule has 1 aromatic rings. The fourth-order valence-corrected chi connectivity index (χ4v) is 2.21. The molecule has 0 radical (unpaired) electrons. The van der Waals surface area contributed by atoms with E-state index in [9.17, 15) is 4.79 Å². The molecule has 1 N–H and O–H groups in total. The van der Waals surface area contributed by atoms with Gasteiger partial charge in [-0.3, -0.25) is 4.79 Å². The largest absolute Gasteiger partial charge is 0.467 e. The summed E-state index contributed by atoms with van der Waals surface area (Å²) in [5.74, 6) is 0.993. The third-order valence-corrected chi connectivity index (χ3v) is 3.05. The summed E-state index contributed by atoms with van der Waals surface area (Å²) in [6, 6.07) is 5.70. The molecule has 1 aliphatic carbocycles. The first kappa shape index (κ1) is 10.7. The zero-order chi connectivity index (χ0) is 11.6. The molecule has 0 atom stereocenters. The highest BCUT2D eigenvalue weighted by Gasteiger charge is 2.48. The monoisotopic (exact) mass is 218 g/mol. The zero-order valence-electron chi connectivity index (χ0n) is 9.19. The number of nitriles is 1. The molecule has 0 spiro atoms. The van der Waals surface area contributed by atoms with Crippen molar-refractivity contribution < 1.29 is 9.21 Å². The van der Waals surface area contributed by atoms with Crippen molar-refractivity contribution in [2.45, 2.75) is 26.3 Å². The lowest BCUT2D eigenvalue weighted by Gasteiger charge is -2.39. The highest BCUT2D eigenvalue weighted by Crippen LogP contribution is 2.45. The van der Waals surface area contributed by atoms with Gasteiger partial charge in [-0.15, -0.1) is 0 Å². The SMILES string of the molecule is CC1CC(C#N)(C(=O)NCc2ccco2)C1. The van der Waals surface area contributed by atoms with E-state index < -0.39 is 5.41 Å². The van der Waals surface area contributed by atoms with Gasteiger partial charge in [0.25, 0.3) is 0 Å². The van der Waals surface area contributed by atoms with Gasteiger partial charge in [-0.25, -0.2) is 0 Å². The number of rotatable bonds is 3. The average Bonchev–Trinajstić information content (AvgIpc) is 2.73. The second kappa shape index (κ2) is 4.01. The number of amides is 1. The van der Waals surface area contributed by atoms with Crippen molar-refractivity contribution in [1.82, 2.24) is 5.32 Å². The summed E-state index contributed by atoms with van der Waals surface area (Å²) in [4.78, 5) is 11.8. The van der Waals surface area contributed by atoms with Crippen LogP contribution >= 0.6 is 0 Å². The summed E-state index contributed by atoms with van der Waals surface area (Å²) < 4.78 is 5.11. The van der Waals surface area contributed by atoms with Crippen LogP contribution in [0.5, 0.6) is 0 Å². The Hall–Kier alpha value is -1.76. The number of carbonyl (C=O) groups is 1. The molecule has 0 aliphatic heterocycles. The third kappa shape index (κ3) is 1.81. The zero-order valence-corrected chi connectivity index (χ0v) is 9.19. The van der Waals surface area contributed by atoms with E-state index in [1.54, 1.807) is 18.4 Å². The Morgan fingerprint density at radius 3 is 3.00 bits per heavy atom. The fourth-order valence-electron chi connectivity index (χ4n) is 2.21. The van der Waals surface area contributed by atoms with Crippen molar-refractivity contribution in [3.05, 3.63) is 24.2 Å². The first-order valence-corrected chi connectivity index (χ1v) is 5.38. The number of nitrogens with one attached hydrogen (secondary N) is 1. The molecule has 0 bridgehead atoms. The quantitative estimate of drug-likeness (QED) is 0.841. The highest BCUT2D eigenvalue weighted by atomic mass is 16.3. The number of carbonyl (C=O) groups excluding carboxylic acids is 1. The van der Waals surface area contributed by atoms with Gasteiger partial charge in [0.2, 0.25) is 5.91 Å². The molecule has 0 saturated heterocycles. The van der Waals surface area contributed by atoms with Gasteiger partial charge in [0.1, 0.15) is 11.2 Å². The second-order valence-corrected chi connectivity index (χ2v) is 4.47. The molecule has 0 aromatic carbocycles. The van der Waals surface area contributed by atoms with Gasteiger partial charge in [0.15, 0.2) is 0 Å². The van der Waals surface area contributed by atoms with Crippen molar-refractivity contribution in [3.8, 4) is 6.07 Å². The normalized spacial score (nSPS) is 27.9. The standard InChI is InChI=1S/C12H14N2O2/c1-9-5-12(6-9,8-13)11(15)14-7-10-3-2-4-16-10/h2-4,9H,5-7H2,1H3,(H,14,15). The lowest BCUT2D eigenvalue weighted by Crippen LogP contribution is -2.47. The van der Waals surface area contributed by atoms with Crippen molar-refractivity contribution in [2.75, 3.05) is 0 Å². The van der Waals surface area contributed by atoms with E-state index in [-0.39, 0.29) is 5.91 Å². The van der Waals surface area contributed by atoms with E-state index in [4.69, 9.17) is 9.68 Å². The third-order valence-electron chi connectivity index (χ3n) is 3.05. The van der Waals surface area contributed by atoms with Crippen molar-refractivity contribution >= 4 is 5.91 Å². The molecule has 1 fully saturated rings. The minimum absolute atomic E-state index is 0.176. The molecule has 4 heteroatoms. The first-order valence-electron chi connectivity index (χ1n) is 5.38. The van der Waals surface area contributed by atoms with Gasteiger partial charge < -0.3 is 9.73 Å². The van der Waals surface area contributed by atoms with Crippen LogP contribution in [0, 0.1) is 22.7 Å². The summed E-state index contributed by atoms with van der Waals surface area (Å²) in [5, 5.41) is 11.8. The van der Waals surface area contributed by atoms with Crippen LogP contribution in [-0.4, -0.2) is 5.91 Å². The average molecular weight is 218 g/mol. The summed E-state index contributed by atoms with van der Waals surface area (Å²) in [7, 11) is 0. The molecule has 16 heavy (non-hydrogen) atoms. The smallest absolute Gasteiger partial charge is 0.240 e. The van der Waals surface area contributed by atoms with Crippen LogP contribution in [-0.2, 0) is 11.3 Å². The number of nitrogens with zero attached hydrogens (tertiary/aromatic N) is 1. The maximum atomic E-state index is 11.8. The van der Waals surface area contributed by atoms with Crippen LogP contribution in [0.1, 0.15) is 25.5 Å². The van der Waals surface area contributed by atoms with E-state index in [2.05, 4.69) is 18.3 Å². The van der Waals surface area contributed by atoms with Gasteiger partial charge in [0, 0.05) is 0 Å². The van der Waals surface area contributed by atoms with Crippen molar-refractivity contribution in [1.29, 1.82) is 5.26 Å². The lowest BCUT2D eigenvalue weighted by molar-refractivity contribution is -0.134. The lowest BCUT2D eigenvalue weighted by atomic mass is 9.63. The van der Waals surface area contributed by atoms with Crippen molar-refractivity contribution in [3.63, 3.8) is 0 Å². The molecule has 1 aromatic heterocycles. The summed E-state index contributed by atoms with van der Waals surface area (Å²) in [6.45, 7) is 2.40. The maximum Gasteiger partial charge on any atom is 0.240 e. The minimum atomic E-state index is -0.800. The second-order valence-electron chi connectivity index (χ2n) is 4.47. The molecule has 1 amide bonds. The predicted molar refractivity (Wildman–Crippen MR) is 57.0 cm³/mol. The number of furan rings is 1. The van der Waals surface area contributed by atoms with E-state index in [0.29, 0.717) is 31.1 Å². The summed E-state index contributed by atoms with van der Waals surface area (Å²) in [5.41, 5.74) is -0.800. The van der Waals surface area contributed by atoms with E-state index in [0.717, 1.165) is 0 Å². The molecule has 1 saturated carbocycles. The first-order chi connectivity index (χ1) is 7.66. The van der Waals surface area contributed by atoms with Gasteiger partial charge in [-0.1, -0.05) is 6.92 Å². The Morgan fingerprint density at radius 1 is 1.75 bits per heavy atom. The predicted octanol–water partition coefficient (Wildman–Crippen LogP) is 1.84. The highest BCUT2D eigenvalue weighted by molar-refractivity contribution is 5.86. The van der Waals surface area contributed by atoms with Crippen LogP contribution in [0.4, 0.5) is 0 Å². The molecule has 84 valence electrons. The van der Waals surface area contributed by atoms with Crippen LogP contribution in [0.25, 0.3) is 0 Å². The fraction of sp³-hybridized carbons (Fsp3) is 0.500. The molecule has 1 aliphatic rings. The van der Waals surface area contributed by atoms with E-state index in [1.165, 1.54) is 0 Å². The number of hydrogen-bond acceptors (Lipinski definition) is 3. The van der Waals surface area contributed by atoms with E-state index in [1.807, 2.05) is 0 Å². The topological polar surface area (TPSA) is 66.0 Å². The van der Waals surface area contributed by atoms with E-state index >= 15 is 0 Å². The van der Waals surface area contributed by atoms with Crippen molar-refractivity contribution in [2.24, 2.45) is 11.3 Å². The molecular formula is C12H14N2O2.